The second-order valence-corrected chi connectivity index (χ2v) is 4.24. The lowest BCUT2D eigenvalue weighted by atomic mass is 10.1. The Kier molecular flexibility index (Phi) is 7.60. The molecule has 0 radical (unpaired) electrons. The Morgan fingerprint density at radius 1 is 1.44 bits per heavy atom. The van der Waals surface area contributed by atoms with E-state index < -0.39 is 13.0 Å². The van der Waals surface area contributed by atoms with E-state index in [0.717, 1.165) is 31.4 Å². The van der Waals surface area contributed by atoms with Gasteiger partial charge in [0.05, 0.1) is 12.5 Å². The number of hydrogen-bond acceptors (Lipinski definition) is 3. The molecule has 0 aromatic carbocycles. The summed E-state index contributed by atoms with van der Waals surface area (Å²) in [6.07, 6.45) is 3.55. The number of hydrogen-bond donors (Lipinski definition) is 1. The average Bonchev–Trinajstić information content (AvgIpc) is 2.83. The first-order valence-electron chi connectivity index (χ1n) is 6.32. The summed E-state index contributed by atoms with van der Waals surface area (Å²) in [5, 5.41) is 3.39. The predicted molar refractivity (Wildman–Crippen MR) is 65.9 cm³/mol. The van der Waals surface area contributed by atoms with Crippen LogP contribution in [0.4, 0.5) is 8.78 Å². The van der Waals surface area contributed by atoms with Crippen molar-refractivity contribution in [2.75, 3.05) is 19.8 Å². The molecule has 18 heavy (non-hydrogen) atoms. The lowest BCUT2D eigenvalue weighted by molar-refractivity contribution is 0.0144. The smallest absolute Gasteiger partial charge is 0.261 e. The van der Waals surface area contributed by atoms with Gasteiger partial charge in [-0.25, -0.2) is 8.78 Å². The Hall–Kier alpha value is -0.940. The van der Waals surface area contributed by atoms with Crippen molar-refractivity contribution in [3.63, 3.8) is 0 Å². The molecule has 3 nitrogen and oxygen atoms in total. The number of furan rings is 1. The fraction of sp³-hybridized carbons (Fsp3) is 0.692. The molecule has 0 bridgehead atoms. The van der Waals surface area contributed by atoms with Crippen LogP contribution in [0.3, 0.4) is 0 Å². The van der Waals surface area contributed by atoms with Crippen molar-refractivity contribution in [2.24, 2.45) is 0 Å². The molecule has 1 unspecified atom stereocenters. The lowest BCUT2D eigenvalue weighted by Gasteiger charge is -2.17. The van der Waals surface area contributed by atoms with E-state index in [1.54, 1.807) is 12.5 Å². The van der Waals surface area contributed by atoms with E-state index in [-0.39, 0.29) is 6.04 Å². The van der Waals surface area contributed by atoms with Crippen LogP contribution in [-0.2, 0) is 11.2 Å². The quantitative estimate of drug-likeness (QED) is 0.658. The number of nitrogens with one attached hydrogen (secondary N) is 1. The van der Waals surface area contributed by atoms with Crippen LogP contribution >= 0.6 is 0 Å². The van der Waals surface area contributed by atoms with Crippen LogP contribution in [0.2, 0.25) is 0 Å². The maximum Gasteiger partial charge on any atom is 0.261 e. The molecule has 1 heterocycles. The summed E-state index contributed by atoms with van der Waals surface area (Å²) >= 11 is 0. The molecule has 5 heteroatoms. The third-order valence-electron chi connectivity index (χ3n) is 2.60. The maximum absolute atomic E-state index is 11.9. The van der Waals surface area contributed by atoms with Crippen LogP contribution in [0, 0.1) is 0 Å². The van der Waals surface area contributed by atoms with E-state index in [0.29, 0.717) is 6.61 Å². The van der Waals surface area contributed by atoms with Crippen LogP contribution in [0.25, 0.3) is 0 Å². The SMILES string of the molecule is CCCNC(CCOCC(F)F)Cc1ccoc1. The van der Waals surface area contributed by atoms with Gasteiger partial charge in [-0.2, -0.15) is 0 Å². The van der Waals surface area contributed by atoms with E-state index in [1.165, 1.54) is 0 Å². The minimum absolute atomic E-state index is 0.236. The second-order valence-electron chi connectivity index (χ2n) is 4.24. The lowest BCUT2D eigenvalue weighted by Crippen LogP contribution is -2.33. The topological polar surface area (TPSA) is 34.4 Å². The van der Waals surface area contributed by atoms with Crippen molar-refractivity contribution in [3.8, 4) is 0 Å². The minimum atomic E-state index is -2.39. The minimum Gasteiger partial charge on any atom is -0.472 e. The molecular weight excluding hydrogens is 240 g/mol. The van der Waals surface area contributed by atoms with Crippen LogP contribution in [0.5, 0.6) is 0 Å². The average molecular weight is 261 g/mol. The third-order valence-corrected chi connectivity index (χ3v) is 2.60. The van der Waals surface area contributed by atoms with Gasteiger partial charge in [-0.05, 0) is 37.4 Å². The predicted octanol–water partition coefficient (Wildman–Crippen LogP) is 2.86. The Morgan fingerprint density at radius 2 is 2.28 bits per heavy atom. The normalized spacial score (nSPS) is 13.1. The molecule has 0 saturated heterocycles. The summed E-state index contributed by atoms with van der Waals surface area (Å²) in [5.74, 6) is 0. The van der Waals surface area contributed by atoms with Crippen molar-refractivity contribution in [1.29, 1.82) is 0 Å². The van der Waals surface area contributed by atoms with Crippen molar-refractivity contribution in [1.82, 2.24) is 5.32 Å². The van der Waals surface area contributed by atoms with E-state index in [2.05, 4.69) is 12.2 Å². The molecule has 1 rings (SSSR count). The Morgan fingerprint density at radius 3 is 2.89 bits per heavy atom. The van der Waals surface area contributed by atoms with Gasteiger partial charge >= 0.3 is 0 Å². The number of ether oxygens (including phenoxy) is 1. The van der Waals surface area contributed by atoms with Gasteiger partial charge < -0.3 is 14.5 Å². The largest absolute Gasteiger partial charge is 0.472 e. The van der Waals surface area contributed by atoms with Crippen LogP contribution in [-0.4, -0.2) is 32.2 Å². The molecule has 0 aliphatic heterocycles. The van der Waals surface area contributed by atoms with E-state index in [9.17, 15) is 8.78 Å². The molecule has 1 N–H and O–H groups in total. The molecule has 0 spiro atoms. The van der Waals surface area contributed by atoms with Crippen molar-refractivity contribution >= 4 is 0 Å². The van der Waals surface area contributed by atoms with Gasteiger partial charge in [-0.15, -0.1) is 0 Å². The summed E-state index contributed by atoms with van der Waals surface area (Å²) in [7, 11) is 0. The van der Waals surface area contributed by atoms with Gasteiger partial charge in [-0.3, -0.25) is 0 Å². The third kappa shape index (κ3) is 6.71. The first-order chi connectivity index (χ1) is 8.72. The van der Waals surface area contributed by atoms with Gasteiger partial charge in [0.25, 0.3) is 6.43 Å². The zero-order chi connectivity index (χ0) is 13.2. The highest BCUT2D eigenvalue weighted by molar-refractivity contribution is 5.07. The highest BCUT2D eigenvalue weighted by atomic mass is 19.3. The van der Waals surface area contributed by atoms with Crippen LogP contribution < -0.4 is 5.32 Å². The number of alkyl halides is 2. The first kappa shape index (κ1) is 15.1. The maximum atomic E-state index is 11.9. The molecule has 0 saturated carbocycles. The zero-order valence-electron chi connectivity index (χ0n) is 10.7. The molecule has 1 aromatic rings. The van der Waals surface area contributed by atoms with Crippen molar-refractivity contribution < 1.29 is 17.9 Å². The second kappa shape index (κ2) is 9.05. The van der Waals surface area contributed by atoms with Crippen molar-refractivity contribution in [3.05, 3.63) is 24.2 Å². The van der Waals surface area contributed by atoms with E-state index >= 15 is 0 Å². The standard InChI is InChI=1S/C13H21F2NO2/c1-2-5-16-12(4-7-18-10-13(14)15)8-11-3-6-17-9-11/h3,6,9,12-13,16H,2,4-5,7-8,10H2,1H3. The Bertz CT molecular complexity index is 291. The van der Waals surface area contributed by atoms with E-state index in [1.807, 2.05) is 6.07 Å². The highest BCUT2D eigenvalue weighted by Crippen LogP contribution is 2.07. The molecule has 0 aliphatic carbocycles. The molecule has 104 valence electrons. The molecule has 0 aliphatic rings. The van der Waals surface area contributed by atoms with Gasteiger partial charge in [0.2, 0.25) is 0 Å². The van der Waals surface area contributed by atoms with E-state index in [4.69, 9.17) is 9.15 Å². The summed E-state index contributed by atoms with van der Waals surface area (Å²) in [6, 6.07) is 2.15. The molecule has 1 atom stereocenters. The number of halogens is 2. The van der Waals surface area contributed by atoms with Gasteiger partial charge in [0, 0.05) is 12.6 Å². The van der Waals surface area contributed by atoms with Gasteiger partial charge in [-0.1, -0.05) is 6.92 Å². The molecule has 0 amide bonds. The summed E-state index contributed by atoms with van der Waals surface area (Å²) in [5.41, 5.74) is 1.11. The van der Waals surface area contributed by atoms with Crippen LogP contribution in [0.15, 0.2) is 23.0 Å². The fourth-order valence-electron chi connectivity index (χ4n) is 1.72. The Labute approximate surface area is 107 Å². The molecule has 1 aromatic heterocycles. The van der Waals surface area contributed by atoms with Gasteiger partial charge in [0.1, 0.15) is 6.61 Å². The molecular formula is C13H21F2NO2. The zero-order valence-corrected chi connectivity index (χ0v) is 10.7. The summed E-state index contributed by atoms with van der Waals surface area (Å²) < 4.78 is 33.8. The summed E-state index contributed by atoms with van der Waals surface area (Å²) in [4.78, 5) is 0. The fourth-order valence-corrected chi connectivity index (χ4v) is 1.72. The monoisotopic (exact) mass is 261 g/mol. The Balaban J connectivity index is 2.26. The molecule has 0 fully saturated rings. The first-order valence-corrected chi connectivity index (χ1v) is 6.32. The summed E-state index contributed by atoms with van der Waals surface area (Å²) in [6.45, 7) is 2.88. The van der Waals surface area contributed by atoms with Gasteiger partial charge in [0.15, 0.2) is 0 Å². The van der Waals surface area contributed by atoms with Crippen LogP contribution in [0.1, 0.15) is 25.3 Å². The van der Waals surface area contributed by atoms with Crippen molar-refractivity contribution in [2.45, 2.75) is 38.7 Å². The highest BCUT2D eigenvalue weighted by Gasteiger charge is 2.10. The number of rotatable bonds is 10.